The molecule has 102 valence electrons. The van der Waals surface area contributed by atoms with Crippen LogP contribution in [0.4, 0.5) is 22.0 Å². The number of hydrogen-bond acceptors (Lipinski definition) is 3. The summed E-state index contributed by atoms with van der Waals surface area (Å²) in [4.78, 5) is 7.02. The number of halogens is 6. The van der Waals surface area contributed by atoms with E-state index in [-0.39, 0.29) is 17.3 Å². The third-order valence-electron chi connectivity index (χ3n) is 1.80. The van der Waals surface area contributed by atoms with Crippen molar-refractivity contribution in [2.24, 2.45) is 0 Å². The van der Waals surface area contributed by atoms with E-state index < -0.39 is 31.5 Å². The summed E-state index contributed by atoms with van der Waals surface area (Å²) in [6.45, 7) is -2.08. The average molecular weight is 291 g/mol. The van der Waals surface area contributed by atoms with Gasteiger partial charge in [0.2, 0.25) is 0 Å². The van der Waals surface area contributed by atoms with Crippen molar-refractivity contribution in [1.29, 1.82) is 0 Å². The first kappa shape index (κ1) is 15.0. The van der Waals surface area contributed by atoms with Gasteiger partial charge in [-0.3, -0.25) is 0 Å². The van der Waals surface area contributed by atoms with Gasteiger partial charge in [-0.1, -0.05) is 0 Å². The van der Waals surface area contributed by atoms with Gasteiger partial charge < -0.3 is 4.74 Å². The molecule has 0 saturated heterocycles. The third-order valence-corrected chi connectivity index (χ3v) is 2.08. The van der Waals surface area contributed by atoms with Crippen molar-refractivity contribution in [1.82, 2.24) is 9.97 Å². The SMILES string of the molecule is FC(F)c1nc(COCC(F)(F)F)ncc1CCl. The van der Waals surface area contributed by atoms with Gasteiger partial charge in [0.25, 0.3) is 6.43 Å². The van der Waals surface area contributed by atoms with Crippen molar-refractivity contribution in [2.75, 3.05) is 6.61 Å². The first-order valence-corrected chi connectivity index (χ1v) is 5.20. The lowest BCUT2D eigenvalue weighted by atomic mass is 10.2. The van der Waals surface area contributed by atoms with E-state index in [1.165, 1.54) is 0 Å². The molecule has 0 saturated carbocycles. The van der Waals surface area contributed by atoms with Crippen LogP contribution in [0.15, 0.2) is 6.20 Å². The molecule has 1 rings (SSSR count). The Morgan fingerprint density at radius 1 is 1.33 bits per heavy atom. The highest BCUT2D eigenvalue weighted by Gasteiger charge is 2.27. The predicted molar refractivity (Wildman–Crippen MR) is 52.3 cm³/mol. The van der Waals surface area contributed by atoms with Gasteiger partial charge in [0.1, 0.15) is 18.9 Å². The first-order chi connectivity index (χ1) is 8.33. The zero-order chi connectivity index (χ0) is 13.8. The van der Waals surface area contributed by atoms with Crippen LogP contribution in [0, 0.1) is 0 Å². The van der Waals surface area contributed by atoms with Crippen LogP contribution in [-0.2, 0) is 17.2 Å². The second-order valence-corrected chi connectivity index (χ2v) is 3.51. The third kappa shape index (κ3) is 4.69. The Morgan fingerprint density at radius 3 is 2.50 bits per heavy atom. The molecule has 1 aromatic heterocycles. The highest BCUT2D eigenvalue weighted by molar-refractivity contribution is 6.17. The summed E-state index contributed by atoms with van der Waals surface area (Å²) in [5.74, 6) is -0.452. The fourth-order valence-electron chi connectivity index (χ4n) is 1.08. The molecule has 18 heavy (non-hydrogen) atoms. The molecule has 0 N–H and O–H groups in total. The van der Waals surface area contributed by atoms with Crippen molar-refractivity contribution >= 4 is 11.6 Å². The van der Waals surface area contributed by atoms with Crippen LogP contribution in [0.1, 0.15) is 23.5 Å². The number of hydrogen-bond donors (Lipinski definition) is 0. The van der Waals surface area contributed by atoms with E-state index in [0.717, 1.165) is 6.20 Å². The maximum absolute atomic E-state index is 12.5. The van der Waals surface area contributed by atoms with Crippen molar-refractivity contribution in [3.63, 3.8) is 0 Å². The van der Waals surface area contributed by atoms with Crippen molar-refractivity contribution in [3.05, 3.63) is 23.3 Å². The normalized spacial score (nSPS) is 12.2. The van der Waals surface area contributed by atoms with E-state index in [2.05, 4.69) is 14.7 Å². The van der Waals surface area contributed by atoms with E-state index in [1.807, 2.05) is 0 Å². The van der Waals surface area contributed by atoms with Crippen LogP contribution < -0.4 is 0 Å². The van der Waals surface area contributed by atoms with Crippen LogP contribution >= 0.6 is 11.6 Å². The summed E-state index contributed by atoms with van der Waals surface area (Å²) < 4.78 is 64.7. The summed E-state index contributed by atoms with van der Waals surface area (Å²) in [7, 11) is 0. The van der Waals surface area contributed by atoms with E-state index in [9.17, 15) is 22.0 Å². The Kier molecular flexibility index (Phi) is 5.21. The number of alkyl halides is 6. The van der Waals surface area contributed by atoms with Gasteiger partial charge in [-0.2, -0.15) is 13.2 Å². The number of rotatable bonds is 5. The topological polar surface area (TPSA) is 35.0 Å². The molecule has 0 unspecified atom stereocenters. The van der Waals surface area contributed by atoms with Gasteiger partial charge in [0, 0.05) is 11.8 Å². The molecular weight excluding hydrogens is 283 g/mol. The Bertz CT molecular complexity index is 399. The fourth-order valence-corrected chi connectivity index (χ4v) is 1.28. The van der Waals surface area contributed by atoms with Crippen LogP contribution in [0.2, 0.25) is 0 Å². The summed E-state index contributed by atoms with van der Waals surface area (Å²) >= 11 is 5.40. The number of nitrogens with zero attached hydrogens (tertiary/aromatic N) is 2. The van der Waals surface area contributed by atoms with Crippen molar-refractivity contribution in [3.8, 4) is 0 Å². The molecule has 0 aliphatic rings. The molecule has 0 aromatic carbocycles. The Balaban J connectivity index is 2.70. The van der Waals surface area contributed by atoms with Gasteiger partial charge in [0.05, 0.1) is 5.88 Å². The van der Waals surface area contributed by atoms with Crippen molar-refractivity contribution < 1.29 is 26.7 Å². The van der Waals surface area contributed by atoms with Gasteiger partial charge in [0.15, 0.2) is 5.82 Å². The summed E-state index contributed by atoms with van der Waals surface area (Å²) in [5.41, 5.74) is -0.558. The Labute approximate surface area is 104 Å². The van der Waals surface area contributed by atoms with Crippen molar-refractivity contribution in [2.45, 2.75) is 25.1 Å². The molecule has 1 aromatic rings. The number of ether oxygens (including phenoxy) is 1. The lowest BCUT2D eigenvalue weighted by molar-refractivity contribution is -0.177. The molecule has 0 fully saturated rings. The van der Waals surface area contributed by atoms with E-state index >= 15 is 0 Å². The van der Waals surface area contributed by atoms with Crippen LogP contribution in [-0.4, -0.2) is 22.8 Å². The molecule has 0 aliphatic carbocycles. The minimum absolute atomic E-state index is 0.0336. The lowest BCUT2D eigenvalue weighted by Gasteiger charge is -2.09. The molecule has 0 bridgehead atoms. The molecule has 3 nitrogen and oxygen atoms in total. The lowest BCUT2D eigenvalue weighted by Crippen LogP contribution is -2.17. The average Bonchev–Trinajstić information content (AvgIpc) is 2.27. The summed E-state index contributed by atoms with van der Waals surface area (Å²) in [5, 5.41) is 0. The highest BCUT2D eigenvalue weighted by Crippen LogP contribution is 2.22. The largest absolute Gasteiger partial charge is 0.411 e. The molecule has 0 aliphatic heterocycles. The standard InChI is InChI=1S/C9H8ClF5N2O/c10-1-5-2-16-6(17-7(5)8(11)12)3-18-4-9(13,14)15/h2,8H,1,3-4H2. The number of aromatic nitrogens is 2. The Morgan fingerprint density at radius 2 is 2.00 bits per heavy atom. The molecule has 0 amide bonds. The molecular formula is C9H8ClF5N2O. The highest BCUT2D eigenvalue weighted by atomic mass is 35.5. The zero-order valence-corrected chi connectivity index (χ0v) is 9.60. The predicted octanol–water partition coefficient (Wildman–Crippen LogP) is 3.23. The molecule has 0 radical (unpaired) electrons. The fraction of sp³-hybridized carbons (Fsp3) is 0.556. The van der Waals surface area contributed by atoms with Crippen LogP contribution in [0.3, 0.4) is 0 Å². The minimum Gasteiger partial charge on any atom is -0.364 e. The quantitative estimate of drug-likeness (QED) is 0.617. The van der Waals surface area contributed by atoms with Crippen LogP contribution in [0.5, 0.6) is 0 Å². The zero-order valence-electron chi connectivity index (χ0n) is 8.85. The van der Waals surface area contributed by atoms with Gasteiger partial charge in [-0.05, 0) is 0 Å². The molecule has 9 heteroatoms. The Hall–Kier alpha value is -1.02. The first-order valence-electron chi connectivity index (χ1n) is 4.67. The minimum atomic E-state index is -4.48. The van der Waals surface area contributed by atoms with E-state index in [4.69, 9.17) is 11.6 Å². The van der Waals surface area contributed by atoms with E-state index in [0.29, 0.717) is 0 Å². The summed E-state index contributed by atoms with van der Waals surface area (Å²) in [6.07, 6.45) is -6.31. The summed E-state index contributed by atoms with van der Waals surface area (Å²) in [6, 6.07) is 0. The monoisotopic (exact) mass is 290 g/mol. The molecule has 0 spiro atoms. The van der Waals surface area contributed by atoms with Gasteiger partial charge >= 0.3 is 6.18 Å². The molecule has 0 atom stereocenters. The van der Waals surface area contributed by atoms with E-state index in [1.54, 1.807) is 0 Å². The van der Waals surface area contributed by atoms with Gasteiger partial charge in [-0.15, -0.1) is 11.6 Å². The second-order valence-electron chi connectivity index (χ2n) is 3.24. The second kappa shape index (κ2) is 6.24. The smallest absolute Gasteiger partial charge is 0.364 e. The molecule has 1 heterocycles. The maximum atomic E-state index is 12.5. The van der Waals surface area contributed by atoms with Gasteiger partial charge in [-0.25, -0.2) is 18.7 Å². The van der Waals surface area contributed by atoms with Crippen LogP contribution in [0.25, 0.3) is 0 Å². The maximum Gasteiger partial charge on any atom is 0.411 e.